The predicted molar refractivity (Wildman–Crippen MR) is 67.6 cm³/mol. The van der Waals surface area contributed by atoms with Gasteiger partial charge in [0.1, 0.15) is 5.82 Å². The van der Waals surface area contributed by atoms with Gasteiger partial charge >= 0.3 is 0 Å². The minimum Gasteiger partial charge on any atom is -0.338 e. The van der Waals surface area contributed by atoms with Gasteiger partial charge < -0.3 is 9.88 Å². The molecule has 4 heteroatoms. The zero-order chi connectivity index (χ0) is 12.1. The van der Waals surface area contributed by atoms with E-state index >= 15 is 0 Å². The first-order valence-electron chi connectivity index (χ1n) is 5.89. The lowest BCUT2D eigenvalue weighted by Crippen LogP contribution is -2.12. The number of hydrogen-bond acceptors (Lipinski definition) is 3. The van der Waals surface area contributed by atoms with Crippen LogP contribution < -0.4 is 5.32 Å². The van der Waals surface area contributed by atoms with Crippen molar-refractivity contribution in [1.82, 2.24) is 19.9 Å². The van der Waals surface area contributed by atoms with Gasteiger partial charge in [0.2, 0.25) is 0 Å². The average Bonchev–Trinajstić information content (AvgIpc) is 2.73. The first-order valence-corrected chi connectivity index (χ1v) is 5.89. The highest BCUT2D eigenvalue weighted by atomic mass is 15.0. The highest BCUT2D eigenvalue weighted by Crippen LogP contribution is 2.08. The lowest BCUT2D eigenvalue weighted by molar-refractivity contribution is 0.722. The number of aromatic nitrogens is 3. The molecule has 0 aromatic carbocycles. The Morgan fingerprint density at radius 3 is 2.82 bits per heavy atom. The second kappa shape index (κ2) is 5.59. The topological polar surface area (TPSA) is 42.7 Å². The molecule has 4 nitrogen and oxygen atoms in total. The molecule has 2 aromatic rings. The third-order valence-corrected chi connectivity index (χ3v) is 2.71. The van der Waals surface area contributed by atoms with E-state index in [0.29, 0.717) is 0 Å². The van der Waals surface area contributed by atoms with Gasteiger partial charge in [-0.2, -0.15) is 0 Å². The third-order valence-electron chi connectivity index (χ3n) is 2.71. The molecule has 17 heavy (non-hydrogen) atoms. The lowest BCUT2D eigenvalue weighted by Gasteiger charge is -2.05. The molecule has 0 aliphatic rings. The summed E-state index contributed by atoms with van der Waals surface area (Å²) in [6.07, 6.45) is 8.43. The smallest absolute Gasteiger partial charge is 0.112 e. The number of rotatable bonds is 5. The van der Waals surface area contributed by atoms with Gasteiger partial charge in [-0.05, 0) is 17.7 Å². The summed E-state index contributed by atoms with van der Waals surface area (Å²) in [6, 6.07) is 2.18. The fourth-order valence-electron chi connectivity index (χ4n) is 1.75. The van der Waals surface area contributed by atoms with Crippen molar-refractivity contribution in [2.24, 2.45) is 7.05 Å². The molecular weight excluding hydrogens is 212 g/mol. The van der Waals surface area contributed by atoms with Crippen LogP contribution in [0.5, 0.6) is 0 Å². The van der Waals surface area contributed by atoms with Gasteiger partial charge in [-0.25, -0.2) is 4.98 Å². The zero-order valence-electron chi connectivity index (χ0n) is 10.3. The monoisotopic (exact) mass is 230 g/mol. The maximum Gasteiger partial charge on any atom is 0.112 e. The van der Waals surface area contributed by atoms with E-state index in [9.17, 15) is 0 Å². The number of nitrogens with zero attached hydrogens (tertiary/aromatic N) is 3. The molecule has 2 rings (SSSR count). The van der Waals surface area contributed by atoms with Gasteiger partial charge in [0.25, 0.3) is 0 Å². The van der Waals surface area contributed by atoms with Crippen molar-refractivity contribution in [3.8, 4) is 0 Å². The summed E-state index contributed by atoms with van der Waals surface area (Å²) < 4.78 is 2.04. The predicted octanol–water partition coefficient (Wildman–Crippen LogP) is 1.52. The van der Waals surface area contributed by atoms with Crippen LogP contribution in [0.2, 0.25) is 0 Å². The molecule has 0 aliphatic heterocycles. The fraction of sp³-hybridized carbons (Fsp3) is 0.385. The first kappa shape index (κ1) is 11.8. The number of hydrogen-bond donors (Lipinski definition) is 1. The molecule has 0 radical (unpaired) electrons. The van der Waals surface area contributed by atoms with E-state index in [4.69, 9.17) is 0 Å². The molecule has 90 valence electrons. The van der Waals surface area contributed by atoms with Crippen molar-refractivity contribution < 1.29 is 0 Å². The largest absolute Gasteiger partial charge is 0.338 e. The van der Waals surface area contributed by atoms with E-state index in [0.717, 1.165) is 25.3 Å². The van der Waals surface area contributed by atoms with E-state index in [2.05, 4.69) is 28.3 Å². The standard InChI is InChI=1S/C13H18N4/c1-3-14-9-12-6-11(8-15-10-12)7-13-16-4-5-17(13)2/h4-6,8,10,14H,3,7,9H2,1-2H3. The van der Waals surface area contributed by atoms with Crippen LogP contribution in [0, 0.1) is 0 Å². The summed E-state index contributed by atoms with van der Waals surface area (Å²) in [5, 5.41) is 3.30. The van der Waals surface area contributed by atoms with Gasteiger partial charge in [-0.15, -0.1) is 0 Å². The Balaban J connectivity index is 2.08. The van der Waals surface area contributed by atoms with Crippen molar-refractivity contribution in [1.29, 1.82) is 0 Å². The zero-order valence-corrected chi connectivity index (χ0v) is 10.3. The molecule has 1 N–H and O–H groups in total. The Morgan fingerprint density at radius 2 is 2.12 bits per heavy atom. The number of nitrogens with one attached hydrogen (secondary N) is 1. The molecule has 0 saturated heterocycles. The molecule has 0 spiro atoms. The van der Waals surface area contributed by atoms with Crippen LogP contribution in [0.1, 0.15) is 23.9 Å². The molecule has 0 aliphatic carbocycles. The van der Waals surface area contributed by atoms with Gasteiger partial charge in [0, 0.05) is 44.8 Å². The van der Waals surface area contributed by atoms with Crippen molar-refractivity contribution in [2.75, 3.05) is 6.54 Å². The van der Waals surface area contributed by atoms with Crippen molar-refractivity contribution >= 4 is 0 Å². The molecule has 0 bridgehead atoms. The molecule has 2 heterocycles. The van der Waals surface area contributed by atoms with Crippen LogP contribution in [0.4, 0.5) is 0 Å². The van der Waals surface area contributed by atoms with E-state index < -0.39 is 0 Å². The molecule has 0 unspecified atom stereocenters. The molecule has 0 saturated carbocycles. The fourth-order valence-corrected chi connectivity index (χ4v) is 1.75. The Bertz CT molecular complexity index is 476. The van der Waals surface area contributed by atoms with E-state index in [1.54, 1.807) is 0 Å². The molecule has 2 aromatic heterocycles. The summed E-state index contributed by atoms with van der Waals surface area (Å²) in [6.45, 7) is 3.95. The normalized spacial score (nSPS) is 10.7. The molecule has 0 atom stereocenters. The van der Waals surface area contributed by atoms with Crippen molar-refractivity contribution in [3.05, 3.63) is 47.8 Å². The van der Waals surface area contributed by atoms with Gasteiger partial charge in [0.15, 0.2) is 0 Å². The molecule has 0 amide bonds. The minimum atomic E-state index is 0.830. The van der Waals surface area contributed by atoms with Crippen LogP contribution in [0.15, 0.2) is 30.9 Å². The van der Waals surface area contributed by atoms with Crippen molar-refractivity contribution in [2.45, 2.75) is 19.9 Å². The molecule has 0 fully saturated rings. The van der Waals surface area contributed by atoms with E-state index in [-0.39, 0.29) is 0 Å². The Kier molecular flexibility index (Phi) is 3.88. The SMILES string of the molecule is CCNCc1cncc(Cc2nccn2C)c1. The lowest BCUT2D eigenvalue weighted by atomic mass is 10.1. The van der Waals surface area contributed by atoms with Crippen molar-refractivity contribution in [3.63, 3.8) is 0 Å². The summed E-state index contributed by atoms with van der Waals surface area (Å²) in [7, 11) is 2.01. The summed E-state index contributed by atoms with van der Waals surface area (Å²) in [5.41, 5.74) is 2.42. The average molecular weight is 230 g/mol. The summed E-state index contributed by atoms with van der Waals surface area (Å²) >= 11 is 0. The maximum absolute atomic E-state index is 4.32. The van der Waals surface area contributed by atoms with Gasteiger partial charge in [-0.3, -0.25) is 4.98 Å². The maximum atomic E-state index is 4.32. The quantitative estimate of drug-likeness (QED) is 0.846. The third kappa shape index (κ3) is 3.14. The van der Waals surface area contributed by atoms with Gasteiger partial charge in [0.05, 0.1) is 0 Å². The van der Waals surface area contributed by atoms with E-state index in [1.807, 2.05) is 36.4 Å². The van der Waals surface area contributed by atoms with Crippen LogP contribution in [0.3, 0.4) is 0 Å². The Morgan fingerprint density at radius 1 is 1.29 bits per heavy atom. The van der Waals surface area contributed by atoms with Crippen LogP contribution in [-0.2, 0) is 20.0 Å². The number of aryl methyl sites for hydroxylation is 1. The van der Waals surface area contributed by atoms with Crippen LogP contribution in [-0.4, -0.2) is 21.1 Å². The van der Waals surface area contributed by atoms with Crippen LogP contribution in [0.25, 0.3) is 0 Å². The second-order valence-electron chi connectivity index (χ2n) is 4.11. The first-order chi connectivity index (χ1) is 8.29. The van der Waals surface area contributed by atoms with E-state index in [1.165, 1.54) is 11.1 Å². The molecular formula is C13H18N4. The number of imidazole rings is 1. The highest BCUT2D eigenvalue weighted by Gasteiger charge is 2.02. The van der Waals surface area contributed by atoms with Crippen LogP contribution >= 0.6 is 0 Å². The Hall–Kier alpha value is -1.68. The minimum absolute atomic E-state index is 0.830. The Labute approximate surface area is 102 Å². The number of pyridine rings is 1. The highest BCUT2D eigenvalue weighted by molar-refractivity contribution is 5.21. The van der Waals surface area contributed by atoms with Gasteiger partial charge in [-0.1, -0.05) is 13.0 Å². The summed E-state index contributed by atoms with van der Waals surface area (Å²) in [4.78, 5) is 8.59. The second-order valence-corrected chi connectivity index (χ2v) is 4.11. The summed E-state index contributed by atoms with van der Waals surface area (Å²) in [5.74, 6) is 1.06.